The smallest absolute Gasteiger partial charge is 0.428 e. The van der Waals surface area contributed by atoms with Gasteiger partial charge in [-0.15, -0.1) is 0 Å². The Morgan fingerprint density at radius 1 is 1.34 bits per heavy atom. The molecule has 204 valence electrons. The standard InChI is InChI=1S/C22H18ClF7N6O2/c1-35(20(10-32)5-6-20)18(37)13-7-11(3-4-14(13)23)12(8-31)9-33-17-15(38-19(24)25)16(34-36(17)2)21(26,27)22(28,29)30/h3-4,7-9,19H,5-6,31H2,1-2H3. The van der Waals surface area contributed by atoms with Crippen molar-refractivity contribution in [2.75, 3.05) is 7.05 Å². The Hall–Kier alpha value is -3.80. The number of aromatic nitrogens is 2. The topological polar surface area (TPSA) is 110 Å². The van der Waals surface area contributed by atoms with Crippen LogP contribution in [0.5, 0.6) is 5.75 Å². The Kier molecular flexibility index (Phi) is 7.69. The summed E-state index contributed by atoms with van der Waals surface area (Å²) in [5, 5.41) is 12.4. The zero-order chi connectivity index (χ0) is 28.6. The number of ether oxygens (including phenoxy) is 1. The molecular weight excluding hydrogens is 549 g/mol. The van der Waals surface area contributed by atoms with E-state index in [1.807, 2.05) is 0 Å². The minimum Gasteiger partial charge on any atom is -0.428 e. The molecule has 1 saturated carbocycles. The quantitative estimate of drug-likeness (QED) is 0.351. The third-order valence-corrected chi connectivity index (χ3v) is 6.08. The lowest BCUT2D eigenvalue weighted by molar-refractivity contribution is -0.291. The van der Waals surface area contributed by atoms with Crippen molar-refractivity contribution < 1.29 is 40.3 Å². The van der Waals surface area contributed by atoms with Gasteiger partial charge in [-0.25, -0.2) is 9.67 Å². The van der Waals surface area contributed by atoms with E-state index in [9.17, 15) is 40.8 Å². The first-order valence-electron chi connectivity index (χ1n) is 10.5. The molecule has 0 spiro atoms. The maximum absolute atomic E-state index is 14.0. The molecule has 1 fully saturated rings. The Balaban J connectivity index is 2.02. The summed E-state index contributed by atoms with van der Waals surface area (Å²) in [6, 6.07) is 6.09. The molecule has 0 aliphatic heterocycles. The normalized spacial score (nSPS) is 15.6. The van der Waals surface area contributed by atoms with Crippen LogP contribution in [0, 0.1) is 11.3 Å². The summed E-state index contributed by atoms with van der Waals surface area (Å²) in [6.45, 7) is -3.77. The summed E-state index contributed by atoms with van der Waals surface area (Å²) in [5.74, 6) is -8.69. The highest BCUT2D eigenvalue weighted by atomic mass is 35.5. The van der Waals surface area contributed by atoms with Crippen LogP contribution in [0.1, 0.15) is 34.5 Å². The van der Waals surface area contributed by atoms with E-state index in [4.69, 9.17) is 17.3 Å². The predicted octanol–water partition coefficient (Wildman–Crippen LogP) is 5.16. The van der Waals surface area contributed by atoms with Gasteiger partial charge in [-0.1, -0.05) is 17.7 Å². The van der Waals surface area contributed by atoms with Crippen molar-refractivity contribution in [3.63, 3.8) is 0 Å². The third-order valence-electron chi connectivity index (χ3n) is 5.75. The Labute approximate surface area is 215 Å². The van der Waals surface area contributed by atoms with Crippen LogP contribution < -0.4 is 10.5 Å². The molecule has 1 aromatic carbocycles. The molecule has 2 aromatic rings. The van der Waals surface area contributed by atoms with E-state index in [2.05, 4.69) is 20.9 Å². The molecule has 3 rings (SSSR count). The lowest BCUT2D eigenvalue weighted by Crippen LogP contribution is -2.38. The van der Waals surface area contributed by atoms with Crippen molar-refractivity contribution in [1.29, 1.82) is 5.26 Å². The number of hydrogen-bond donors (Lipinski definition) is 1. The number of aryl methyl sites for hydroxylation is 1. The fourth-order valence-corrected chi connectivity index (χ4v) is 3.60. The lowest BCUT2D eigenvalue weighted by atomic mass is 10.0. The second kappa shape index (κ2) is 10.2. The molecule has 0 atom stereocenters. The number of carbonyl (C=O) groups excluding carboxylic acids is 1. The van der Waals surface area contributed by atoms with Crippen LogP contribution in [-0.2, 0) is 13.0 Å². The Morgan fingerprint density at radius 3 is 2.47 bits per heavy atom. The van der Waals surface area contributed by atoms with Crippen molar-refractivity contribution in [1.82, 2.24) is 14.7 Å². The SMILES string of the molecule is CN(C(=O)c1cc(C(C=Nc2c(OC(F)F)c(C(F)(F)C(F)(F)F)nn2C)=CN)ccc1Cl)C1(C#N)CC1. The third kappa shape index (κ3) is 5.26. The molecule has 1 aliphatic carbocycles. The fraction of sp³-hybridized carbons (Fsp3) is 0.364. The summed E-state index contributed by atoms with van der Waals surface area (Å²) in [7, 11) is 2.33. The number of nitriles is 1. The zero-order valence-corrected chi connectivity index (χ0v) is 20.3. The number of amides is 1. The average Bonchev–Trinajstić information content (AvgIpc) is 3.58. The first kappa shape index (κ1) is 28.8. The van der Waals surface area contributed by atoms with Crippen LogP contribution in [-0.4, -0.2) is 52.2 Å². The predicted molar refractivity (Wildman–Crippen MR) is 121 cm³/mol. The Morgan fingerprint density at radius 2 is 1.97 bits per heavy atom. The van der Waals surface area contributed by atoms with Gasteiger partial charge < -0.3 is 15.4 Å². The van der Waals surface area contributed by atoms with Gasteiger partial charge in [0.1, 0.15) is 5.54 Å². The van der Waals surface area contributed by atoms with Crippen molar-refractivity contribution >= 4 is 35.1 Å². The monoisotopic (exact) mass is 566 g/mol. The van der Waals surface area contributed by atoms with Gasteiger partial charge in [-0.3, -0.25) is 4.79 Å². The van der Waals surface area contributed by atoms with Crippen LogP contribution in [0.25, 0.3) is 5.57 Å². The molecule has 0 unspecified atom stereocenters. The van der Waals surface area contributed by atoms with Gasteiger partial charge in [0.15, 0.2) is 17.3 Å². The number of benzene rings is 1. The maximum Gasteiger partial charge on any atom is 0.459 e. The molecular formula is C22H18ClF7N6O2. The fourth-order valence-electron chi connectivity index (χ4n) is 3.40. The molecule has 1 amide bonds. The van der Waals surface area contributed by atoms with Crippen molar-refractivity contribution in [3.8, 4) is 11.8 Å². The van der Waals surface area contributed by atoms with E-state index in [1.54, 1.807) is 0 Å². The van der Waals surface area contributed by atoms with Crippen LogP contribution in [0.3, 0.4) is 0 Å². The van der Waals surface area contributed by atoms with Crippen LogP contribution in [0.15, 0.2) is 29.4 Å². The molecule has 16 heteroatoms. The molecule has 0 radical (unpaired) electrons. The molecule has 0 saturated heterocycles. The summed E-state index contributed by atoms with van der Waals surface area (Å²) >= 11 is 6.17. The minimum absolute atomic E-state index is 0.00637. The van der Waals surface area contributed by atoms with Crippen molar-refractivity contribution in [2.24, 2.45) is 17.8 Å². The largest absolute Gasteiger partial charge is 0.459 e. The maximum atomic E-state index is 14.0. The lowest BCUT2D eigenvalue weighted by Gasteiger charge is -2.23. The molecule has 0 bridgehead atoms. The number of halogens is 8. The number of rotatable bonds is 8. The van der Waals surface area contributed by atoms with Gasteiger partial charge >= 0.3 is 18.7 Å². The van der Waals surface area contributed by atoms with Gasteiger partial charge in [0.25, 0.3) is 5.91 Å². The van der Waals surface area contributed by atoms with Crippen molar-refractivity contribution in [2.45, 2.75) is 37.1 Å². The van der Waals surface area contributed by atoms with Gasteiger partial charge in [0.05, 0.1) is 16.7 Å². The Bertz CT molecular complexity index is 1340. The van der Waals surface area contributed by atoms with Crippen molar-refractivity contribution in [3.05, 3.63) is 46.2 Å². The van der Waals surface area contributed by atoms with E-state index < -0.39 is 47.4 Å². The molecule has 38 heavy (non-hydrogen) atoms. The van der Waals surface area contributed by atoms with Gasteiger partial charge in [0, 0.05) is 32.1 Å². The minimum atomic E-state index is -6.16. The van der Waals surface area contributed by atoms with E-state index in [0.29, 0.717) is 17.5 Å². The summed E-state index contributed by atoms with van der Waals surface area (Å²) < 4.78 is 96.7. The number of allylic oxidation sites excluding steroid dienone is 1. The van der Waals surface area contributed by atoms with Gasteiger partial charge in [0.2, 0.25) is 0 Å². The van der Waals surface area contributed by atoms with E-state index in [-0.39, 0.29) is 21.7 Å². The first-order chi connectivity index (χ1) is 17.6. The number of nitrogens with two attached hydrogens (primary N) is 1. The summed E-state index contributed by atoms with van der Waals surface area (Å²) in [4.78, 5) is 17.9. The van der Waals surface area contributed by atoms with Crippen LogP contribution >= 0.6 is 11.6 Å². The van der Waals surface area contributed by atoms with E-state index in [1.165, 1.54) is 30.1 Å². The molecule has 1 aromatic heterocycles. The summed E-state index contributed by atoms with van der Waals surface area (Å²) in [5.41, 5.74) is 2.72. The summed E-state index contributed by atoms with van der Waals surface area (Å²) in [6.07, 6.45) is -3.38. The zero-order valence-electron chi connectivity index (χ0n) is 19.5. The second-order valence-corrected chi connectivity index (χ2v) is 8.57. The number of aliphatic imine (C=N–C) groups is 1. The number of carbonyl (C=O) groups is 1. The highest BCUT2D eigenvalue weighted by Crippen LogP contribution is 2.49. The highest BCUT2D eigenvalue weighted by Gasteiger charge is 2.62. The van der Waals surface area contributed by atoms with Crippen LogP contribution in [0.4, 0.5) is 36.6 Å². The molecule has 2 N–H and O–H groups in total. The van der Waals surface area contributed by atoms with E-state index >= 15 is 0 Å². The van der Waals surface area contributed by atoms with Crippen LogP contribution in [0.2, 0.25) is 5.02 Å². The number of nitrogens with zero attached hydrogens (tertiary/aromatic N) is 5. The molecule has 1 heterocycles. The van der Waals surface area contributed by atoms with Gasteiger partial charge in [-0.2, -0.15) is 41.1 Å². The van der Waals surface area contributed by atoms with E-state index in [0.717, 1.165) is 19.5 Å². The first-order valence-corrected chi connectivity index (χ1v) is 10.9. The average molecular weight is 567 g/mol. The number of alkyl halides is 7. The highest BCUT2D eigenvalue weighted by molar-refractivity contribution is 6.34. The number of hydrogen-bond acceptors (Lipinski definition) is 6. The molecule has 1 aliphatic rings. The second-order valence-electron chi connectivity index (χ2n) is 8.16. The molecule has 8 nitrogen and oxygen atoms in total. The van der Waals surface area contributed by atoms with Gasteiger partial charge in [-0.05, 0) is 30.5 Å².